The van der Waals surface area contributed by atoms with Gasteiger partial charge in [0.05, 0.1) is 25.4 Å². The van der Waals surface area contributed by atoms with E-state index in [-0.39, 0.29) is 24.7 Å². The number of aromatic amines is 1. The van der Waals surface area contributed by atoms with Gasteiger partial charge in [0.25, 0.3) is 0 Å². The van der Waals surface area contributed by atoms with Crippen molar-refractivity contribution in [2.75, 3.05) is 24.3 Å². The molecule has 1 aromatic carbocycles. The van der Waals surface area contributed by atoms with Gasteiger partial charge >= 0.3 is 0 Å². The number of halogens is 2. The molecule has 2 heterocycles. The lowest BCUT2D eigenvalue weighted by Gasteiger charge is -2.20. The Morgan fingerprint density at radius 1 is 1.17 bits per heavy atom. The standard InChI is InChI=1S/C16H16F2N6S.C8H18O3/c1-2-5-25-16-20-14(13-15(21-16)23-24-22-13)19-12-7-9(12)8-3-4-10(17)11(18)6-8;1-3-7(10)8(4-2)11-6-5-9/h3-4,6,9,12H,2,5,7H2,1H3,(H2,19,20,21,22,23,24);7-10H,3-6H2,1-2H3/t9?,12-;7-,8?/m10/s1. The average molecular weight is 525 g/mol. The summed E-state index contributed by atoms with van der Waals surface area (Å²) >= 11 is 1.57. The molecular weight excluding hydrogens is 490 g/mol. The Morgan fingerprint density at radius 2 is 1.97 bits per heavy atom. The largest absolute Gasteiger partial charge is 0.394 e. The number of nitrogens with one attached hydrogen (secondary N) is 2. The van der Waals surface area contributed by atoms with Crippen molar-refractivity contribution in [3.05, 3.63) is 35.4 Å². The second-order valence-electron chi connectivity index (χ2n) is 8.48. The van der Waals surface area contributed by atoms with Gasteiger partial charge in [0.1, 0.15) is 0 Å². The number of aliphatic hydroxyl groups excluding tert-OH is 2. The van der Waals surface area contributed by atoms with Crippen LogP contribution in [0.25, 0.3) is 11.2 Å². The second-order valence-corrected chi connectivity index (χ2v) is 9.54. The highest BCUT2D eigenvalue weighted by molar-refractivity contribution is 7.99. The molecule has 4 N–H and O–H groups in total. The molecule has 1 fully saturated rings. The summed E-state index contributed by atoms with van der Waals surface area (Å²) in [7, 11) is 0. The molecule has 0 spiro atoms. The fourth-order valence-electron chi connectivity index (χ4n) is 3.69. The molecule has 2 aromatic heterocycles. The van der Waals surface area contributed by atoms with Crippen LogP contribution in [0.15, 0.2) is 23.4 Å². The van der Waals surface area contributed by atoms with Crippen molar-refractivity contribution in [2.24, 2.45) is 0 Å². The average Bonchev–Trinajstić information content (AvgIpc) is 3.48. The number of aliphatic hydroxyl groups is 2. The first-order valence-corrected chi connectivity index (χ1v) is 13.2. The summed E-state index contributed by atoms with van der Waals surface area (Å²) in [4.78, 5) is 8.91. The molecule has 9 nitrogen and oxygen atoms in total. The van der Waals surface area contributed by atoms with Crippen LogP contribution in [0.5, 0.6) is 0 Å². The summed E-state index contributed by atoms with van der Waals surface area (Å²) in [5.41, 5.74) is 1.88. The molecule has 36 heavy (non-hydrogen) atoms. The predicted octanol–water partition coefficient (Wildman–Crippen LogP) is 4.04. The van der Waals surface area contributed by atoms with Crippen LogP contribution in [-0.4, -0.2) is 72.8 Å². The van der Waals surface area contributed by atoms with Crippen LogP contribution in [0.2, 0.25) is 0 Å². The number of thioether (sulfide) groups is 1. The number of hydrogen-bond acceptors (Lipinski definition) is 9. The third kappa shape index (κ3) is 7.55. The number of hydrogen-bond donors (Lipinski definition) is 4. The van der Waals surface area contributed by atoms with Crippen LogP contribution >= 0.6 is 11.8 Å². The zero-order chi connectivity index (χ0) is 26.1. The maximum atomic E-state index is 13.4. The molecule has 2 unspecified atom stereocenters. The summed E-state index contributed by atoms with van der Waals surface area (Å²) in [6.45, 7) is 6.30. The molecule has 0 bridgehead atoms. The molecule has 0 amide bonds. The molecule has 4 rings (SSSR count). The minimum atomic E-state index is -0.827. The molecule has 1 aliphatic carbocycles. The first-order valence-electron chi connectivity index (χ1n) is 12.2. The van der Waals surface area contributed by atoms with Gasteiger partial charge in [-0.25, -0.2) is 13.8 Å². The van der Waals surface area contributed by atoms with Crippen LogP contribution in [0.3, 0.4) is 0 Å². The normalized spacial score (nSPS) is 18.4. The summed E-state index contributed by atoms with van der Waals surface area (Å²) in [5, 5.41) is 32.5. The van der Waals surface area contributed by atoms with Crippen molar-refractivity contribution in [1.29, 1.82) is 0 Å². The van der Waals surface area contributed by atoms with E-state index in [1.165, 1.54) is 12.1 Å². The Labute approximate surface area is 213 Å². The Morgan fingerprint density at radius 3 is 2.64 bits per heavy atom. The van der Waals surface area contributed by atoms with E-state index in [1.807, 2.05) is 13.8 Å². The Balaban J connectivity index is 0.000000280. The number of rotatable bonds is 12. The van der Waals surface area contributed by atoms with Gasteiger partial charge in [0.15, 0.2) is 28.1 Å². The number of benzene rings is 1. The Kier molecular flexibility index (Phi) is 10.8. The maximum absolute atomic E-state index is 13.4. The minimum Gasteiger partial charge on any atom is -0.394 e. The first kappa shape index (κ1) is 28.2. The molecule has 12 heteroatoms. The van der Waals surface area contributed by atoms with Gasteiger partial charge < -0.3 is 20.3 Å². The van der Waals surface area contributed by atoms with Crippen LogP contribution in [-0.2, 0) is 4.74 Å². The predicted molar refractivity (Wildman–Crippen MR) is 135 cm³/mol. The van der Waals surface area contributed by atoms with Gasteiger partial charge in [-0.2, -0.15) is 15.3 Å². The van der Waals surface area contributed by atoms with Crippen LogP contribution in [0.4, 0.5) is 14.6 Å². The lowest BCUT2D eigenvalue weighted by atomic mass is 10.1. The number of nitrogens with zero attached hydrogens (tertiary/aromatic N) is 4. The number of ether oxygens (including phenoxy) is 1. The van der Waals surface area contributed by atoms with E-state index in [0.29, 0.717) is 35.2 Å². The van der Waals surface area contributed by atoms with Gasteiger partial charge in [-0.15, -0.1) is 5.10 Å². The van der Waals surface area contributed by atoms with Crippen molar-refractivity contribution in [3.8, 4) is 0 Å². The van der Waals surface area contributed by atoms with E-state index < -0.39 is 17.7 Å². The second kappa shape index (κ2) is 13.8. The summed E-state index contributed by atoms with van der Waals surface area (Å²) in [6, 6.07) is 4.15. The maximum Gasteiger partial charge on any atom is 0.207 e. The topological polar surface area (TPSA) is 129 Å². The molecule has 4 atom stereocenters. The molecule has 3 aromatic rings. The molecule has 1 aliphatic rings. The zero-order valence-electron chi connectivity index (χ0n) is 20.7. The zero-order valence-corrected chi connectivity index (χ0v) is 21.6. The van der Waals surface area contributed by atoms with Crippen LogP contribution in [0.1, 0.15) is 57.9 Å². The smallest absolute Gasteiger partial charge is 0.207 e. The van der Waals surface area contributed by atoms with Gasteiger partial charge in [-0.1, -0.05) is 38.6 Å². The van der Waals surface area contributed by atoms with Crippen molar-refractivity contribution >= 4 is 28.7 Å². The third-order valence-corrected chi connectivity index (χ3v) is 6.81. The Bertz CT molecular complexity index is 1100. The Hall–Kier alpha value is -2.41. The highest BCUT2D eigenvalue weighted by atomic mass is 32.2. The molecule has 1 saturated carbocycles. The SMILES string of the molecule is CCC(OCCO)[C@@H](O)CC.CCCSc1nc(N[C@@H]2CC2c2ccc(F)c(F)c2)c2n[nH]nc2n1. The van der Waals surface area contributed by atoms with E-state index in [9.17, 15) is 13.9 Å². The summed E-state index contributed by atoms with van der Waals surface area (Å²) < 4.78 is 31.7. The van der Waals surface area contributed by atoms with E-state index >= 15 is 0 Å². The van der Waals surface area contributed by atoms with Crippen molar-refractivity contribution in [1.82, 2.24) is 25.4 Å². The monoisotopic (exact) mass is 524 g/mol. The number of fused-ring (bicyclic) bond motifs is 1. The fourth-order valence-corrected chi connectivity index (χ4v) is 4.39. The van der Waals surface area contributed by atoms with E-state index in [4.69, 9.17) is 9.84 Å². The fraction of sp³-hybridized carbons (Fsp3) is 0.583. The van der Waals surface area contributed by atoms with E-state index in [0.717, 1.165) is 30.6 Å². The van der Waals surface area contributed by atoms with Gasteiger partial charge in [0.2, 0.25) is 5.65 Å². The molecule has 0 aliphatic heterocycles. The highest BCUT2D eigenvalue weighted by Crippen LogP contribution is 2.43. The number of anilines is 1. The summed E-state index contributed by atoms with van der Waals surface area (Å²) in [6.07, 6.45) is 2.82. The molecule has 0 saturated heterocycles. The minimum absolute atomic E-state index is 0.0208. The van der Waals surface area contributed by atoms with E-state index in [2.05, 4.69) is 37.6 Å². The lowest BCUT2D eigenvalue weighted by Crippen LogP contribution is -2.28. The number of H-pyrrole nitrogens is 1. The van der Waals surface area contributed by atoms with Crippen molar-refractivity contribution in [2.45, 2.75) is 75.8 Å². The van der Waals surface area contributed by atoms with Crippen molar-refractivity contribution in [3.63, 3.8) is 0 Å². The van der Waals surface area contributed by atoms with Crippen LogP contribution in [0, 0.1) is 11.6 Å². The molecule has 0 radical (unpaired) electrons. The quantitative estimate of drug-likeness (QED) is 0.205. The van der Waals surface area contributed by atoms with Gasteiger partial charge in [-0.05, 0) is 43.4 Å². The van der Waals surface area contributed by atoms with Crippen molar-refractivity contribution < 1.29 is 23.7 Å². The first-order chi connectivity index (χ1) is 17.4. The van der Waals surface area contributed by atoms with Gasteiger partial charge in [0, 0.05) is 17.7 Å². The third-order valence-electron chi connectivity index (χ3n) is 5.76. The molecule has 198 valence electrons. The summed E-state index contributed by atoms with van der Waals surface area (Å²) in [5.74, 6) is 0.0177. The molecular formula is C24H34F2N6O3S. The van der Waals surface area contributed by atoms with Crippen LogP contribution < -0.4 is 5.32 Å². The highest BCUT2D eigenvalue weighted by Gasteiger charge is 2.39. The lowest BCUT2D eigenvalue weighted by molar-refractivity contribution is -0.0497. The van der Waals surface area contributed by atoms with Gasteiger partial charge in [-0.3, -0.25) is 0 Å². The number of aromatic nitrogens is 5. The van der Waals surface area contributed by atoms with E-state index in [1.54, 1.807) is 17.8 Å².